The SMILES string of the molecule is CC(NC(=O)Nc1cccc(C(=O)O)c1)c1nn[nH]n1. The van der Waals surface area contributed by atoms with Crippen molar-refractivity contribution in [3.8, 4) is 0 Å². The van der Waals surface area contributed by atoms with Gasteiger partial charge in [0.2, 0.25) is 0 Å². The number of H-pyrrole nitrogens is 1. The number of hydrogen-bond acceptors (Lipinski definition) is 5. The normalized spacial score (nSPS) is 11.7. The quantitative estimate of drug-likeness (QED) is 0.652. The molecule has 0 bridgehead atoms. The van der Waals surface area contributed by atoms with Gasteiger partial charge in [-0.2, -0.15) is 5.21 Å². The van der Waals surface area contributed by atoms with E-state index in [2.05, 4.69) is 31.3 Å². The van der Waals surface area contributed by atoms with Gasteiger partial charge in [0.05, 0.1) is 11.6 Å². The van der Waals surface area contributed by atoms with E-state index in [0.29, 0.717) is 11.5 Å². The molecule has 0 aliphatic carbocycles. The molecule has 1 aromatic carbocycles. The lowest BCUT2D eigenvalue weighted by Crippen LogP contribution is -2.31. The van der Waals surface area contributed by atoms with E-state index in [1.54, 1.807) is 19.1 Å². The molecule has 1 atom stereocenters. The van der Waals surface area contributed by atoms with Crippen LogP contribution in [0.3, 0.4) is 0 Å². The Labute approximate surface area is 113 Å². The van der Waals surface area contributed by atoms with Crippen molar-refractivity contribution in [1.82, 2.24) is 25.9 Å². The maximum atomic E-state index is 11.7. The second-order valence-corrected chi connectivity index (χ2v) is 3.98. The molecule has 9 heteroatoms. The minimum Gasteiger partial charge on any atom is -0.478 e. The number of benzene rings is 1. The lowest BCUT2D eigenvalue weighted by molar-refractivity contribution is 0.0697. The number of carbonyl (C=O) groups excluding carboxylic acids is 1. The summed E-state index contributed by atoms with van der Waals surface area (Å²) in [4.78, 5) is 22.6. The monoisotopic (exact) mass is 276 g/mol. The minimum absolute atomic E-state index is 0.0917. The summed E-state index contributed by atoms with van der Waals surface area (Å²) in [6, 6.07) is 5.00. The predicted molar refractivity (Wildman–Crippen MR) is 68.1 cm³/mol. The van der Waals surface area contributed by atoms with Gasteiger partial charge < -0.3 is 15.7 Å². The molecular weight excluding hydrogens is 264 g/mol. The van der Waals surface area contributed by atoms with Crippen molar-refractivity contribution in [3.63, 3.8) is 0 Å². The molecule has 2 aromatic rings. The highest BCUT2D eigenvalue weighted by molar-refractivity contribution is 5.93. The first-order chi connectivity index (χ1) is 9.56. The number of anilines is 1. The zero-order chi connectivity index (χ0) is 14.5. The maximum absolute atomic E-state index is 11.7. The van der Waals surface area contributed by atoms with Crippen molar-refractivity contribution in [2.24, 2.45) is 0 Å². The molecule has 104 valence electrons. The van der Waals surface area contributed by atoms with Crippen LogP contribution in [0.25, 0.3) is 0 Å². The van der Waals surface area contributed by atoms with Gasteiger partial charge >= 0.3 is 12.0 Å². The summed E-state index contributed by atoms with van der Waals surface area (Å²) in [6.07, 6.45) is 0. The Bertz CT molecular complexity index is 612. The van der Waals surface area contributed by atoms with Gasteiger partial charge in [0.15, 0.2) is 5.82 Å². The smallest absolute Gasteiger partial charge is 0.335 e. The van der Waals surface area contributed by atoms with Gasteiger partial charge in [0, 0.05) is 5.69 Å². The molecule has 0 radical (unpaired) electrons. The van der Waals surface area contributed by atoms with E-state index in [1.807, 2.05) is 0 Å². The Morgan fingerprint density at radius 3 is 2.85 bits per heavy atom. The van der Waals surface area contributed by atoms with Gasteiger partial charge in [-0.05, 0) is 25.1 Å². The molecule has 0 fully saturated rings. The predicted octanol–water partition coefficient (Wildman–Crippen LogP) is 0.781. The van der Waals surface area contributed by atoms with E-state index in [1.165, 1.54) is 12.1 Å². The zero-order valence-corrected chi connectivity index (χ0v) is 10.5. The summed E-state index contributed by atoms with van der Waals surface area (Å²) in [5.74, 6) is -0.714. The summed E-state index contributed by atoms with van der Waals surface area (Å²) in [7, 11) is 0. The molecule has 4 N–H and O–H groups in total. The molecule has 0 aliphatic heterocycles. The first-order valence-electron chi connectivity index (χ1n) is 5.70. The summed E-state index contributed by atoms with van der Waals surface area (Å²) >= 11 is 0. The van der Waals surface area contributed by atoms with Crippen molar-refractivity contribution >= 4 is 17.7 Å². The van der Waals surface area contributed by atoms with E-state index >= 15 is 0 Å². The second-order valence-electron chi connectivity index (χ2n) is 3.98. The lowest BCUT2D eigenvalue weighted by atomic mass is 10.2. The fraction of sp³-hybridized carbons (Fsp3) is 0.182. The number of carbonyl (C=O) groups is 2. The Morgan fingerprint density at radius 1 is 1.40 bits per heavy atom. The molecule has 0 spiro atoms. The number of aromatic amines is 1. The van der Waals surface area contributed by atoms with Crippen LogP contribution < -0.4 is 10.6 Å². The number of hydrogen-bond donors (Lipinski definition) is 4. The fourth-order valence-corrected chi connectivity index (χ4v) is 1.51. The van der Waals surface area contributed by atoms with Crippen LogP contribution in [0.2, 0.25) is 0 Å². The highest BCUT2D eigenvalue weighted by Gasteiger charge is 2.13. The van der Waals surface area contributed by atoms with Crippen molar-refractivity contribution in [2.75, 3.05) is 5.32 Å². The number of aromatic carboxylic acids is 1. The van der Waals surface area contributed by atoms with E-state index < -0.39 is 18.0 Å². The Balaban J connectivity index is 1.98. The fourth-order valence-electron chi connectivity index (χ4n) is 1.51. The molecule has 1 heterocycles. The number of urea groups is 1. The van der Waals surface area contributed by atoms with Gasteiger partial charge in [0.1, 0.15) is 0 Å². The third-order valence-corrected chi connectivity index (χ3v) is 2.46. The minimum atomic E-state index is -1.06. The van der Waals surface area contributed by atoms with Crippen LogP contribution in [0, 0.1) is 0 Å². The first kappa shape index (κ1) is 13.5. The molecule has 2 amide bonds. The Hall–Kier alpha value is -2.97. The van der Waals surface area contributed by atoms with Crippen LogP contribution in [-0.4, -0.2) is 37.7 Å². The summed E-state index contributed by atoms with van der Waals surface area (Å²) in [5, 5.41) is 27.2. The van der Waals surface area contributed by atoms with E-state index in [-0.39, 0.29) is 5.56 Å². The van der Waals surface area contributed by atoms with Crippen LogP contribution in [-0.2, 0) is 0 Å². The van der Waals surface area contributed by atoms with E-state index in [4.69, 9.17) is 5.11 Å². The maximum Gasteiger partial charge on any atom is 0.335 e. The van der Waals surface area contributed by atoms with Gasteiger partial charge in [-0.1, -0.05) is 11.3 Å². The number of carboxylic acids is 1. The molecule has 0 saturated carbocycles. The Kier molecular flexibility index (Phi) is 3.89. The summed E-state index contributed by atoms with van der Waals surface area (Å²) < 4.78 is 0. The third kappa shape index (κ3) is 3.28. The van der Waals surface area contributed by atoms with E-state index in [0.717, 1.165) is 0 Å². The van der Waals surface area contributed by atoms with Crippen molar-refractivity contribution in [3.05, 3.63) is 35.7 Å². The molecule has 9 nitrogen and oxygen atoms in total. The van der Waals surface area contributed by atoms with Crippen LogP contribution in [0.1, 0.15) is 29.1 Å². The molecule has 0 aliphatic rings. The average Bonchev–Trinajstić information content (AvgIpc) is 2.92. The number of rotatable bonds is 4. The number of tetrazole rings is 1. The number of carboxylic acid groups (broad SMARTS) is 1. The number of nitrogens with zero attached hydrogens (tertiary/aromatic N) is 3. The molecule has 2 rings (SSSR count). The van der Waals surface area contributed by atoms with Crippen molar-refractivity contribution in [1.29, 1.82) is 0 Å². The van der Waals surface area contributed by atoms with E-state index in [9.17, 15) is 9.59 Å². The van der Waals surface area contributed by atoms with Crippen molar-refractivity contribution in [2.45, 2.75) is 13.0 Å². The topological polar surface area (TPSA) is 133 Å². The Morgan fingerprint density at radius 2 is 2.20 bits per heavy atom. The van der Waals surface area contributed by atoms with Crippen LogP contribution in [0.15, 0.2) is 24.3 Å². The van der Waals surface area contributed by atoms with Crippen LogP contribution in [0.4, 0.5) is 10.5 Å². The molecule has 0 saturated heterocycles. The van der Waals surface area contributed by atoms with Crippen LogP contribution in [0.5, 0.6) is 0 Å². The van der Waals surface area contributed by atoms with Crippen molar-refractivity contribution < 1.29 is 14.7 Å². The highest BCUT2D eigenvalue weighted by atomic mass is 16.4. The molecule has 1 unspecified atom stereocenters. The van der Waals surface area contributed by atoms with Gasteiger partial charge in [0.25, 0.3) is 0 Å². The van der Waals surface area contributed by atoms with Gasteiger partial charge in [-0.15, -0.1) is 10.2 Å². The molecular formula is C11H12N6O3. The highest BCUT2D eigenvalue weighted by Crippen LogP contribution is 2.11. The first-order valence-corrected chi connectivity index (χ1v) is 5.70. The van der Waals surface area contributed by atoms with Gasteiger partial charge in [-0.3, -0.25) is 0 Å². The molecule has 1 aromatic heterocycles. The second kappa shape index (κ2) is 5.78. The summed E-state index contributed by atoms with van der Waals surface area (Å²) in [6.45, 7) is 1.69. The van der Waals surface area contributed by atoms with Crippen LogP contribution >= 0.6 is 0 Å². The zero-order valence-electron chi connectivity index (χ0n) is 10.5. The van der Waals surface area contributed by atoms with Gasteiger partial charge in [-0.25, -0.2) is 9.59 Å². The lowest BCUT2D eigenvalue weighted by Gasteiger charge is -2.11. The summed E-state index contributed by atoms with van der Waals surface area (Å²) in [5.41, 5.74) is 0.469. The number of aromatic nitrogens is 4. The number of amides is 2. The average molecular weight is 276 g/mol. The third-order valence-electron chi connectivity index (χ3n) is 2.46. The number of nitrogens with one attached hydrogen (secondary N) is 3. The largest absolute Gasteiger partial charge is 0.478 e. The molecule has 20 heavy (non-hydrogen) atoms. The standard InChI is InChI=1S/C11H12N6O3/c1-6(9-14-16-17-15-9)12-11(20)13-8-4-2-3-7(5-8)10(18)19/h2-6H,1H3,(H,18,19)(H2,12,13,20)(H,14,15,16,17).